The number of amides is 2. The molecule has 0 saturated carbocycles. The third-order valence-corrected chi connectivity index (χ3v) is 6.11. The molecule has 0 bridgehead atoms. The van der Waals surface area contributed by atoms with Crippen molar-refractivity contribution in [2.45, 2.75) is 37.9 Å². The third-order valence-electron chi connectivity index (χ3n) is 5.69. The molecule has 1 aromatic rings. The zero-order valence-electron chi connectivity index (χ0n) is 14.9. The predicted molar refractivity (Wildman–Crippen MR) is 103 cm³/mol. The third kappa shape index (κ3) is 4.38. The standard InChI is InChI=1S/C20H28N2O2S/c1-15(25)16-7-11-21(12-8-16)20(24)18-9-13-22(14-10-18)19(23)17-5-3-2-4-6-17/h2-6,15-16,18,25H,7-14H2,1H3. The fourth-order valence-electron chi connectivity index (χ4n) is 3.95. The maximum absolute atomic E-state index is 12.8. The van der Waals surface area contributed by atoms with E-state index in [1.807, 2.05) is 40.1 Å². The molecule has 4 nitrogen and oxygen atoms in total. The van der Waals surface area contributed by atoms with E-state index in [2.05, 4.69) is 19.6 Å². The molecule has 0 radical (unpaired) electrons. The van der Waals surface area contributed by atoms with Crippen LogP contribution in [0, 0.1) is 11.8 Å². The van der Waals surface area contributed by atoms with Crippen molar-refractivity contribution in [3.63, 3.8) is 0 Å². The number of carbonyl (C=O) groups excluding carboxylic acids is 2. The van der Waals surface area contributed by atoms with Crippen LogP contribution in [0.5, 0.6) is 0 Å². The second-order valence-corrected chi connectivity index (χ2v) is 8.15. The number of hydrogen-bond donors (Lipinski definition) is 1. The van der Waals surface area contributed by atoms with Crippen molar-refractivity contribution < 1.29 is 9.59 Å². The molecule has 1 atom stereocenters. The Kier molecular flexibility index (Phi) is 6.05. The van der Waals surface area contributed by atoms with Crippen LogP contribution in [0.3, 0.4) is 0 Å². The van der Waals surface area contributed by atoms with E-state index < -0.39 is 0 Å². The molecule has 0 spiro atoms. The number of hydrogen-bond acceptors (Lipinski definition) is 3. The molecule has 3 rings (SSSR count). The molecular weight excluding hydrogens is 332 g/mol. The Hall–Kier alpha value is -1.49. The monoisotopic (exact) mass is 360 g/mol. The number of carbonyl (C=O) groups is 2. The summed E-state index contributed by atoms with van der Waals surface area (Å²) in [6.07, 6.45) is 3.67. The van der Waals surface area contributed by atoms with Gasteiger partial charge in [0.1, 0.15) is 0 Å². The van der Waals surface area contributed by atoms with Gasteiger partial charge in [-0.05, 0) is 43.7 Å². The summed E-state index contributed by atoms with van der Waals surface area (Å²) >= 11 is 4.54. The van der Waals surface area contributed by atoms with E-state index in [9.17, 15) is 9.59 Å². The molecule has 0 N–H and O–H groups in total. The molecule has 1 aromatic carbocycles. The molecule has 5 heteroatoms. The number of piperidine rings is 2. The van der Waals surface area contributed by atoms with Crippen LogP contribution in [-0.2, 0) is 4.79 Å². The highest BCUT2D eigenvalue weighted by atomic mass is 32.1. The van der Waals surface area contributed by atoms with Crippen LogP contribution in [-0.4, -0.2) is 53.0 Å². The van der Waals surface area contributed by atoms with Crippen LogP contribution in [0.2, 0.25) is 0 Å². The normalized spacial score (nSPS) is 21.2. The van der Waals surface area contributed by atoms with Crippen molar-refractivity contribution in [3.8, 4) is 0 Å². The molecule has 0 aliphatic carbocycles. The van der Waals surface area contributed by atoms with Gasteiger partial charge in [-0.2, -0.15) is 12.6 Å². The fraction of sp³-hybridized carbons (Fsp3) is 0.600. The minimum Gasteiger partial charge on any atom is -0.342 e. The topological polar surface area (TPSA) is 40.6 Å². The Bertz CT molecular complexity index is 589. The highest BCUT2D eigenvalue weighted by Gasteiger charge is 2.32. The van der Waals surface area contributed by atoms with Crippen molar-refractivity contribution in [1.29, 1.82) is 0 Å². The van der Waals surface area contributed by atoms with Gasteiger partial charge >= 0.3 is 0 Å². The van der Waals surface area contributed by atoms with E-state index in [4.69, 9.17) is 0 Å². The molecule has 2 fully saturated rings. The quantitative estimate of drug-likeness (QED) is 0.842. The number of benzene rings is 1. The summed E-state index contributed by atoms with van der Waals surface area (Å²) in [6, 6.07) is 9.40. The molecule has 2 heterocycles. The lowest BCUT2D eigenvalue weighted by Crippen LogP contribution is -2.47. The largest absolute Gasteiger partial charge is 0.342 e. The second kappa shape index (κ2) is 8.26. The van der Waals surface area contributed by atoms with Gasteiger partial charge in [0, 0.05) is 42.9 Å². The van der Waals surface area contributed by atoms with Crippen molar-refractivity contribution in [2.75, 3.05) is 26.2 Å². The predicted octanol–water partition coefficient (Wildman–Crippen LogP) is 3.10. The van der Waals surface area contributed by atoms with E-state index in [-0.39, 0.29) is 17.7 Å². The van der Waals surface area contributed by atoms with Gasteiger partial charge in [-0.3, -0.25) is 9.59 Å². The minimum atomic E-state index is 0.0739. The van der Waals surface area contributed by atoms with E-state index >= 15 is 0 Å². The van der Waals surface area contributed by atoms with Crippen LogP contribution < -0.4 is 0 Å². The van der Waals surface area contributed by atoms with Crippen LogP contribution in [0.1, 0.15) is 43.0 Å². The van der Waals surface area contributed by atoms with Gasteiger partial charge in [-0.15, -0.1) is 0 Å². The Morgan fingerprint density at radius 2 is 1.52 bits per heavy atom. The van der Waals surface area contributed by atoms with Gasteiger partial charge in [0.05, 0.1) is 0 Å². The molecular formula is C20H28N2O2S. The molecule has 0 aromatic heterocycles. The summed E-state index contributed by atoms with van der Waals surface area (Å²) in [5.41, 5.74) is 0.732. The van der Waals surface area contributed by atoms with Gasteiger partial charge < -0.3 is 9.80 Å². The average molecular weight is 361 g/mol. The first kappa shape index (κ1) is 18.3. The van der Waals surface area contributed by atoms with Crippen LogP contribution >= 0.6 is 12.6 Å². The van der Waals surface area contributed by atoms with Crippen molar-refractivity contribution in [2.24, 2.45) is 11.8 Å². The zero-order chi connectivity index (χ0) is 17.8. The first-order valence-corrected chi connectivity index (χ1v) is 9.89. The highest BCUT2D eigenvalue weighted by molar-refractivity contribution is 7.80. The summed E-state index contributed by atoms with van der Waals surface area (Å²) in [7, 11) is 0. The van der Waals surface area contributed by atoms with Crippen molar-refractivity contribution in [3.05, 3.63) is 35.9 Å². The van der Waals surface area contributed by atoms with Crippen molar-refractivity contribution >= 4 is 24.4 Å². The Labute approximate surface area is 156 Å². The molecule has 136 valence electrons. The van der Waals surface area contributed by atoms with Crippen LogP contribution in [0.15, 0.2) is 30.3 Å². The summed E-state index contributed by atoms with van der Waals surface area (Å²) in [5, 5.41) is 0.407. The Morgan fingerprint density at radius 1 is 0.960 bits per heavy atom. The first-order valence-electron chi connectivity index (χ1n) is 9.37. The Morgan fingerprint density at radius 3 is 2.08 bits per heavy atom. The lowest BCUT2D eigenvalue weighted by atomic mass is 9.90. The Balaban J connectivity index is 1.49. The zero-order valence-corrected chi connectivity index (χ0v) is 15.8. The van der Waals surface area contributed by atoms with E-state index in [1.165, 1.54) is 0 Å². The lowest BCUT2D eigenvalue weighted by molar-refractivity contribution is -0.138. The molecule has 2 aliphatic rings. The molecule has 1 unspecified atom stereocenters. The maximum atomic E-state index is 12.8. The maximum Gasteiger partial charge on any atom is 0.253 e. The van der Waals surface area contributed by atoms with Gasteiger partial charge in [0.25, 0.3) is 5.91 Å². The smallest absolute Gasteiger partial charge is 0.253 e. The van der Waals surface area contributed by atoms with Gasteiger partial charge in [0.15, 0.2) is 0 Å². The van der Waals surface area contributed by atoms with Crippen LogP contribution in [0.25, 0.3) is 0 Å². The number of likely N-dealkylation sites (tertiary alicyclic amines) is 2. The molecule has 25 heavy (non-hydrogen) atoms. The van der Waals surface area contributed by atoms with Crippen LogP contribution in [0.4, 0.5) is 0 Å². The van der Waals surface area contributed by atoms with Gasteiger partial charge in [-0.1, -0.05) is 25.1 Å². The van der Waals surface area contributed by atoms with E-state index in [1.54, 1.807) is 0 Å². The first-order chi connectivity index (χ1) is 12.1. The molecule has 2 aliphatic heterocycles. The highest BCUT2D eigenvalue weighted by Crippen LogP contribution is 2.27. The van der Waals surface area contributed by atoms with Gasteiger partial charge in [-0.25, -0.2) is 0 Å². The average Bonchev–Trinajstić information content (AvgIpc) is 2.67. The molecule has 2 amide bonds. The minimum absolute atomic E-state index is 0.0739. The number of nitrogens with zero attached hydrogens (tertiary/aromatic N) is 2. The van der Waals surface area contributed by atoms with E-state index in [0.717, 1.165) is 44.3 Å². The lowest BCUT2D eigenvalue weighted by Gasteiger charge is -2.38. The summed E-state index contributed by atoms with van der Waals surface area (Å²) in [5.74, 6) is 1.06. The molecule has 2 saturated heterocycles. The summed E-state index contributed by atoms with van der Waals surface area (Å²) in [4.78, 5) is 29.2. The van der Waals surface area contributed by atoms with E-state index in [0.29, 0.717) is 24.3 Å². The number of rotatable bonds is 3. The summed E-state index contributed by atoms with van der Waals surface area (Å²) in [6.45, 7) is 5.21. The van der Waals surface area contributed by atoms with Crippen molar-refractivity contribution in [1.82, 2.24) is 9.80 Å². The second-order valence-electron chi connectivity index (χ2n) is 7.34. The van der Waals surface area contributed by atoms with Gasteiger partial charge in [0.2, 0.25) is 5.91 Å². The summed E-state index contributed by atoms with van der Waals surface area (Å²) < 4.78 is 0. The fourth-order valence-corrected chi connectivity index (χ4v) is 4.25. The SMILES string of the molecule is CC(S)C1CCN(C(=O)C2CCN(C(=O)c3ccccc3)CC2)CC1. The number of thiol groups is 1.